The van der Waals surface area contributed by atoms with Gasteiger partial charge in [-0.05, 0) is 131 Å². The molecule has 0 radical (unpaired) electrons. The normalized spacial score (nSPS) is 15.5. The van der Waals surface area contributed by atoms with Crippen molar-refractivity contribution in [2.75, 3.05) is 57.1 Å². The predicted octanol–water partition coefficient (Wildman–Crippen LogP) is 12.0. The number of allylic oxidation sites excluding steroid dienone is 4. The molecule has 0 saturated carbocycles. The van der Waals surface area contributed by atoms with Crippen molar-refractivity contribution in [3.63, 3.8) is 0 Å². The van der Waals surface area contributed by atoms with Gasteiger partial charge >= 0.3 is 7.82 Å². The zero-order valence-corrected chi connectivity index (χ0v) is 50.3. The molecule has 5 aromatic rings. The standard InChI is InChI=1S/C65H81FN9O8P/c1-64(2)51-25-13-15-28-54(51)74(7)57(64)31-23-32-58-65(3,4)52-26-14-16-29-55(52)75(58)45-22-10-11-33-59(76)70-53(27-18-21-44-67-61(77)46-34-36-47(37-35-46)71-72-48-38-40-49(41-39-48)73(5)6)62(78)68-42-19-8-9-20-43-69-63(79)60(66)50-24-12-17-30-56(50)83-84(80,81)82/h12-17,23-26,28-32,34-41,53,60H,8-11,18-22,27,33,42-45H2,1-7H3,(H5-,67,68,69,70,76,77,78,79,80,81,82)/p+1/b72-71+. The van der Waals surface area contributed by atoms with Crippen molar-refractivity contribution >= 4 is 65.6 Å². The highest BCUT2D eigenvalue weighted by atomic mass is 31.2. The minimum absolute atomic E-state index is 0.137. The number of alkyl halides is 1. The molecule has 2 aliphatic rings. The Hall–Kier alpha value is -7.79. The number of nitrogens with one attached hydrogen (secondary N) is 4. The van der Waals surface area contributed by atoms with Gasteiger partial charge in [0, 0.05) is 105 Å². The van der Waals surface area contributed by atoms with Crippen LogP contribution in [-0.2, 0) is 29.8 Å². The molecule has 0 bridgehead atoms. The Morgan fingerprint density at radius 3 is 1.95 bits per heavy atom. The van der Waals surface area contributed by atoms with E-state index in [9.17, 15) is 33.5 Å². The molecule has 6 N–H and O–H groups in total. The summed E-state index contributed by atoms with van der Waals surface area (Å²) in [5.74, 6) is -2.12. The van der Waals surface area contributed by atoms with E-state index in [1.807, 2.05) is 43.3 Å². The van der Waals surface area contributed by atoms with E-state index in [4.69, 9.17) is 0 Å². The summed E-state index contributed by atoms with van der Waals surface area (Å²) in [5, 5.41) is 20.1. The first-order valence-corrected chi connectivity index (χ1v) is 30.6. The number of phosphoric acid groups is 1. The number of halogens is 1. The molecular weight excluding hydrogens is 1080 g/mol. The number of hydrogen-bond acceptors (Lipinski definition) is 10. The monoisotopic (exact) mass is 1170 g/mol. The summed E-state index contributed by atoms with van der Waals surface area (Å²) in [6.07, 6.45) is 11.0. The van der Waals surface area contributed by atoms with Crippen LogP contribution in [0.1, 0.15) is 132 Å². The molecule has 446 valence electrons. The molecule has 7 rings (SSSR count). The fourth-order valence-corrected chi connectivity index (χ4v) is 11.3. The molecule has 2 heterocycles. The molecule has 84 heavy (non-hydrogen) atoms. The predicted molar refractivity (Wildman–Crippen MR) is 330 cm³/mol. The van der Waals surface area contributed by atoms with Crippen LogP contribution in [0.5, 0.6) is 5.75 Å². The molecule has 0 aliphatic carbocycles. The molecule has 5 aromatic carbocycles. The van der Waals surface area contributed by atoms with Crippen LogP contribution in [0.2, 0.25) is 0 Å². The maximum Gasteiger partial charge on any atom is 0.524 e. The van der Waals surface area contributed by atoms with E-state index in [0.717, 1.165) is 25.1 Å². The summed E-state index contributed by atoms with van der Waals surface area (Å²) in [4.78, 5) is 75.6. The molecule has 2 unspecified atom stereocenters. The third kappa shape index (κ3) is 17.2. The third-order valence-corrected chi connectivity index (χ3v) is 15.9. The first kappa shape index (κ1) is 63.8. The van der Waals surface area contributed by atoms with Gasteiger partial charge in [-0.1, -0.05) is 87.4 Å². The van der Waals surface area contributed by atoms with Crippen LogP contribution in [0.4, 0.5) is 32.8 Å². The number of hydrogen-bond donors (Lipinski definition) is 6. The average Bonchev–Trinajstić information content (AvgIpc) is 2.28. The number of unbranched alkanes of at least 4 members (excludes halogenated alkanes) is 6. The lowest BCUT2D eigenvalue weighted by Gasteiger charge is -2.23. The highest BCUT2D eigenvalue weighted by Gasteiger charge is 2.44. The van der Waals surface area contributed by atoms with Crippen molar-refractivity contribution in [1.82, 2.24) is 21.3 Å². The Labute approximate surface area is 493 Å². The van der Waals surface area contributed by atoms with Gasteiger partial charge in [0.05, 0.1) is 16.8 Å². The number of amides is 4. The highest BCUT2D eigenvalue weighted by molar-refractivity contribution is 7.46. The van der Waals surface area contributed by atoms with E-state index in [-0.39, 0.29) is 47.1 Å². The Balaban J connectivity index is 0.890. The summed E-state index contributed by atoms with van der Waals surface area (Å²) < 4.78 is 33.4. The van der Waals surface area contributed by atoms with Crippen molar-refractivity contribution in [3.8, 4) is 5.75 Å². The Kier molecular flexibility index (Phi) is 22.5. The van der Waals surface area contributed by atoms with Crippen LogP contribution in [0, 0.1) is 0 Å². The van der Waals surface area contributed by atoms with E-state index in [0.29, 0.717) is 81.4 Å². The highest BCUT2D eigenvalue weighted by Crippen LogP contribution is 2.47. The fourth-order valence-electron chi connectivity index (χ4n) is 10.9. The van der Waals surface area contributed by atoms with Crippen molar-refractivity contribution < 1.29 is 47.0 Å². The van der Waals surface area contributed by atoms with Crippen LogP contribution in [0.25, 0.3) is 0 Å². The molecule has 0 fully saturated rings. The minimum Gasteiger partial charge on any atom is -0.404 e. The quantitative estimate of drug-likeness (QED) is 0.0111. The lowest BCUT2D eigenvalue weighted by atomic mass is 9.81. The molecule has 2 atom stereocenters. The number of rotatable bonds is 30. The number of fused-ring (bicyclic) bond motifs is 2. The molecule has 19 heteroatoms. The zero-order valence-electron chi connectivity index (χ0n) is 49.4. The van der Waals surface area contributed by atoms with E-state index in [2.05, 4.69) is 147 Å². The molecule has 2 aliphatic heterocycles. The number of likely N-dealkylation sites (N-methyl/N-ethyl adjacent to an activating group) is 1. The molecule has 0 spiro atoms. The van der Waals surface area contributed by atoms with E-state index < -0.39 is 31.7 Å². The lowest BCUT2D eigenvalue weighted by molar-refractivity contribution is -0.438. The van der Waals surface area contributed by atoms with Gasteiger partial charge in [-0.15, -0.1) is 0 Å². The first-order valence-electron chi connectivity index (χ1n) is 29.0. The third-order valence-electron chi connectivity index (χ3n) is 15.5. The molecule has 4 amide bonds. The fraction of sp³-hybridized carbons (Fsp3) is 0.400. The van der Waals surface area contributed by atoms with Crippen LogP contribution in [0.15, 0.2) is 155 Å². The lowest BCUT2D eigenvalue weighted by Crippen LogP contribution is -2.47. The van der Waals surface area contributed by atoms with Crippen molar-refractivity contribution in [2.24, 2.45) is 10.2 Å². The summed E-state index contributed by atoms with van der Waals surface area (Å²) >= 11 is 0. The maximum absolute atomic E-state index is 15.1. The van der Waals surface area contributed by atoms with Crippen LogP contribution in [0.3, 0.4) is 0 Å². The second kappa shape index (κ2) is 29.6. The number of phosphoric ester groups is 1. The Bertz CT molecular complexity index is 3260. The molecule has 17 nitrogen and oxygen atoms in total. The Morgan fingerprint density at radius 2 is 1.29 bits per heavy atom. The van der Waals surface area contributed by atoms with Crippen LogP contribution >= 0.6 is 7.82 Å². The number of azo groups is 1. The first-order chi connectivity index (χ1) is 40.1. The SMILES string of the molecule is CN(C)c1ccc(/N=N/c2ccc(C(=O)NCCCCC(NC(=O)CCCCC[N+]3=C(/C=C/C=C4/N(C)c5ccccc5C4(C)C)C(C)(C)c4ccccc43)C(=O)NCCCCCCNC(=O)C(F)c3ccccc3OP(=O)(O)O)cc2)cc1. The van der Waals surface area contributed by atoms with E-state index in [1.165, 1.54) is 58.2 Å². The van der Waals surface area contributed by atoms with Gasteiger partial charge in [0.15, 0.2) is 5.71 Å². The topological polar surface area (TPSA) is 217 Å². The number of nitrogens with zero attached hydrogens (tertiary/aromatic N) is 5. The molecule has 0 aromatic heterocycles. The van der Waals surface area contributed by atoms with Gasteiger partial charge in [0.2, 0.25) is 23.7 Å². The van der Waals surface area contributed by atoms with Gasteiger partial charge in [-0.25, -0.2) is 8.96 Å². The number of para-hydroxylation sites is 3. The Morgan fingerprint density at radius 1 is 0.702 bits per heavy atom. The number of carbonyl (C=O) groups excluding carboxylic acids is 4. The summed E-state index contributed by atoms with van der Waals surface area (Å²) in [5.41, 5.74) is 9.65. The van der Waals surface area contributed by atoms with Gasteiger partial charge in [0.1, 0.15) is 18.3 Å². The van der Waals surface area contributed by atoms with Gasteiger partial charge < -0.3 is 35.6 Å². The largest absolute Gasteiger partial charge is 0.524 e. The van der Waals surface area contributed by atoms with E-state index >= 15 is 4.39 Å². The summed E-state index contributed by atoms with van der Waals surface area (Å²) in [6, 6.07) is 36.2. The minimum atomic E-state index is -4.97. The van der Waals surface area contributed by atoms with Crippen molar-refractivity contribution in [1.29, 1.82) is 0 Å². The van der Waals surface area contributed by atoms with Crippen molar-refractivity contribution in [3.05, 3.63) is 168 Å². The van der Waals surface area contributed by atoms with Gasteiger partial charge in [0.25, 0.3) is 11.8 Å². The van der Waals surface area contributed by atoms with Crippen LogP contribution < -0.4 is 35.6 Å². The summed E-state index contributed by atoms with van der Waals surface area (Å²) in [7, 11) is 1.10. The van der Waals surface area contributed by atoms with Gasteiger partial charge in [-0.2, -0.15) is 14.8 Å². The summed E-state index contributed by atoms with van der Waals surface area (Å²) in [6.45, 7) is 10.8. The second-order valence-electron chi connectivity index (χ2n) is 22.6. The number of benzene rings is 5. The number of carbonyl (C=O) groups is 4. The average molecular weight is 1170 g/mol. The van der Waals surface area contributed by atoms with E-state index in [1.54, 1.807) is 24.3 Å². The number of anilines is 2. The zero-order chi connectivity index (χ0) is 60.4. The maximum atomic E-state index is 15.1. The smallest absolute Gasteiger partial charge is 0.404 e. The van der Waals surface area contributed by atoms with Gasteiger partial charge in [-0.3, -0.25) is 29.0 Å². The van der Waals surface area contributed by atoms with Crippen molar-refractivity contribution in [2.45, 2.75) is 121 Å². The van der Waals surface area contributed by atoms with Crippen LogP contribution in [-0.4, -0.2) is 97.1 Å². The molecular formula is C65H82FN9O8P+. The second-order valence-corrected chi connectivity index (χ2v) is 23.8. The molecule has 0 saturated heterocycles.